The van der Waals surface area contributed by atoms with E-state index in [0.29, 0.717) is 36.0 Å². The van der Waals surface area contributed by atoms with E-state index in [1.54, 1.807) is 19.9 Å². The quantitative estimate of drug-likeness (QED) is 0.631. The van der Waals surface area contributed by atoms with Gasteiger partial charge < -0.3 is 24.5 Å². The summed E-state index contributed by atoms with van der Waals surface area (Å²) in [5.41, 5.74) is 2.29. The molecule has 0 saturated carbocycles. The average Bonchev–Trinajstić information content (AvgIpc) is 2.77. The van der Waals surface area contributed by atoms with E-state index in [2.05, 4.69) is 10.3 Å². The first-order chi connectivity index (χ1) is 15.3. The van der Waals surface area contributed by atoms with Gasteiger partial charge in [-0.05, 0) is 56.0 Å². The number of H-pyrrole nitrogens is 1. The second-order valence-electron chi connectivity index (χ2n) is 7.52. The molecule has 2 heterocycles. The number of aromatic amines is 1. The number of rotatable bonds is 7. The molecule has 0 saturated heterocycles. The van der Waals surface area contributed by atoms with E-state index in [1.807, 2.05) is 25.1 Å². The van der Waals surface area contributed by atoms with Crippen LogP contribution in [0.1, 0.15) is 47.3 Å². The highest BCUT2D eigenvalue weighted by Gasteiger charge is 2.17. The number of hydrogen-bond acceptors (Lipinski definition) is 7. The number of hydrogen-bond donors (Lipinski definition) is 2. The fourth-order valence-electron chi connectivity index (χ4n) is 3.56. The van der Waals surface area contributed by atoms with Gasteiger partial charge in [0.25, 0.3) is 11.5 Å². The van der Waals surface area contributed by atoms with Crippen LogP contribution in [0.4, 0.5) is 0 Å². The maximum absolute atomic E-state index is 12.2. The number of aromatic nitrogens is 1. The number of carbonyl (C=O) groups is 2. The zero-order valence-corrected chi connectivity index (χ0v) is 18.2. The predicted octanol–water partition coefficient (Wildman–Crippen LogP) is 1.99. The Balaban J connectivity index is 1.50. The van der Waals surface area contributed by atoms with E-state index in [-0.39, 0.29) is 24.4 Å². The summed E-state index contributed by atoms with van der Waals surface area (Å²) in [4.78, 5) is 38.7. The van der Waals surface area contributed by atoms with Crippen molar-refractivity contribution < 1.29 is 23.8 Å². The molecule has 1 atom stereocenters. The van der Waals surface area contributed by atoms with Crippen molar-refractivity contribution in [3.05, 3.63) is 56.5 Å². The molecule has 0 bridgehead atoms. The van der Waals surface area contributed by atoms with Gasteiger partial charge in [-0.15, -0.1) is 0 Å². The van der Waals surface area contributed by atoms with Crippen molar-refractivity contribution in [1.29, 1.82) is 5.26 Å². The fraction of sp³-hybridized carbons (Fsp3) is 0.391. The lowest BCUT2D eigenvalue weighted by atomic mass is 9.99. The molecule has 9 heteroatoms. The van der Waals surface area contributed by atoms with Crippen LogP contribution in [0.5, 0.6) is 11.5 Å². The van der Waals surface area contributed by atoms with Crippen LogP contribution in [0, 0.1) is 25.2 Å². The molecule has 1 aliphatic heterocycles. The number of ether oxygens (including phenoxy) is 3. The van der Waals surface area contributed by atoms with Gasteiger partial charge in [0.05, 0.1) is 6.04 Å². The lowest BCUT2D eigenvalue weighted by Crippen LogP contribution is -2.31. The average molecular weight is 439 g/mol. The first-order valence-electron chi connectivity index (χ1n) is 10.3. The summed E-state index contributed by atoms with van der Waals surface area (Å²) in [6.07, 6.45) is 0.306. The van der Waals surface area contributed by atoms with Gasteiger partial charge in [-0.25, -0.2) is 0 Å². The summed E-state index contributed by atoms with van der Waals surface area (Å²) in [6.45, 7) is 5.78. The lowest BCUT2D eigenvalue weighted by Gasteiger charge is -2.21. The van der Waals surface area contributed by atoms with Crippen LogP contribution in [0.3, 0.4) is 0 Å². The number of nitrogens with zero attached hydrogens (tertiary/aromatic N) is 1. The highest BCUT2D eigenvalue weighted by Crippen LogP contribution is 2.32. The topological polar surface area (TPSA) is 131 Å². The normalized spacial score (nSPS) is 13.1. The lowest BCUT2D eigenvalue weighted by molar-refractivity contribution is -0.148. The number of pyridine rings is 1. The predicted molar refractivity (Wildman–Crippen MR) is 115 cm³/mol. The number of fused-ring (bicyclic) bond motifs is 1. The monoisotopic (exact) mass is 439 g/mol. The standard InChI is InChI=1S/C23H25N3O6/c1-13-17(15(3)26-23(29)18(13)11-24)5-7-22(28)32-12-21(27)25-14(2)16-4-6-19-20(10-16)31-9-8-30-19/h4,6,10,14H,5,7-9,12H2,1-3H3,(H,25,27)(H,26,29). The molecule has 0 spiro atoms. The molecule has 2 aromatic rings. The Labute approximate surface area is 185 Å². The molecular formula is C23H25N3O6. The summed E-state index contributed by atoms with van der Waals surface area (Å²) in [5, 5.41) is 11.9. The summed E-state index contributed by atoms with van der Waals surface area (Å²) >= 11 is 0. The molecular weight excluding hydrogens is 414 g/mol. The molecule has 1 amide bonds. The van der Waals surface area contributed by atoms with E-state index in [0.717, 1.165) is 11.1 Å². The first-order valence-corrected chi connectivity index (χ1v) is 10.3. The minimum Gasteiger partial charge on any atom is -0.486 e. The first kappa shape index (κ1) is 22.9. The van der Waals surface area contributed by atoms with Gasteiger partial charge in [-0.2, -0.15) is 5.26 Å². The molecule has 1 aromatic heterocycles. The molecule has 9 nitrogen and oxygen atoms in total. The number of esters is 1. The van der Waals surface area contributed by atoms with Gasteiger partial charge in [0.1, 0.15) is 24.8 Å². The molecule has 1 aromatic carbocycles. The minimum absolute atomic E-state index is 0.0174. The molecule has 0 radical (unpaired) electrons. The Morgan fingerprint density at radius 2 is 1.97 bits per heavy atom. The minimum atomic E-state index is -0.546. The number of nitrogens with one attached hydrogen (secondary N) is 2. The second kappa shape index (κ2) is 10.0. The number of aryl methyl sites for hydroxylation is 1. The smallest absolute Gasteiger partial charge is 0.306 e. The van der Waals surface area contributed by atoms with Gasteiger partial charge in [0.2, 0.25) is 0 Å². The van der Waals surface area contributed by atoms with E-state index in [9.17, 15) is 14.4 Å². The third kappa shape index (κ3) is 5.27. The Bertz CT molecular complexity index is 1130. The number of benzene rings is 1. The van der Waals surface area contributed by atoms with Crippen molar-refractivity contribution in [3.8, 4) is 17.6 Å². The third-order valence-corrected chi connectivity index (χ3v) is 5.31. The maximum atomic E-state index is 12.2. The Morgan fingerprint density at radius 1 is 1.25 bits per heavy atom. The molecule has 32 heavy (non-hydrogen) atoms. The van der Waals surface area contributed by atoms with Crippen molar-refractivity contribution >= 4 is 11.9 Å². The van der Waals surface area contributed by atoms with Crippen LogP contribution >= 0.6 is 0 Å². The van der Waals surface area contributed by atoms with Crippen LogP contribution < -0.4 is 20.3 Å². The Morgan fingerprint density at radius 3 is 2.69 bits per heavy atom. The van der Waals surface area contributed by atoms with Crippen LogP contribution in [0.15, 0.2) is 23.0 Å². The molecule has 1 aliphatic rings. The largest absolute Gasteiger partial charge is 0.486 e. The highest BCUT2D eigenvalue weighted by molar-refractivity contribution is 5.81. The van der Waals surface area contributed by atoms with Crippen molar-refractivity contribution in [2.75, 3.05) is 19.8 Å². The summed E-state index contributed by atoms with van der Waals surface area (Å²) < 4.78 is 16.1. The van der Waals surface area contributed by atoms with Crippen LogP contribution in [-0.4, -0.2) is 36.7 Å². The van der Waals surface area contributed by atoms with Crippen LogP contribution in [0.2, 0.25) is 0 Å². The van der Waals surface area contributed by atoms with Gasteiger partial charge in [0, 0.05) is 12.1 Å². The van der Waals surface area contributed by atoms with E-state index in [4.69, 9.17) is 19.5 Å². The molecule has 168 valence electrons. The zero-order chi connectivity index (χ0) is 23.3. The van der Waals surface area contributed by atoms with E-state index >= 15 is 0 Å². The molecule has 2 N–H and O–H groups in total. The van der Waals surface area contributed by atoms with Crippen molar-refractivity contribution in [2.45, 2.75) is 39.7 Å². The summed E-state index contributed by atoms with van der Waals surface area (Å²) in [7, 11) is 0. The Kier molecular flexibility index (Phi) is 7.15. The van der Waals surface area contributed by atoms with Gasteiger partial charge in [-0.1, -0.05) is 6.07 Å². The maximum Gasteiger partial charge on any atom is 0.306 e. The fourth-order valence-corrected chi connectivity index (χ4v) is 3.56. The number of carbonyl (C=O) groups excluding carboxylic acids is 2. The zero-order valence-electron chi connectivity index (χ0n) is 18.2. The number of amides is 1. The van der Waals surface area contributed by atoms with Gasteiger partial charge in [-0.3, -0.25) is 14.4 Å². The Hall–Kier alpha value is -3.80. The van der Waals surface area contributed by atoms with Crippen LogP contribution in [-0.2, 0) is 20.7 Å². The molecule has 0 fully saturated rings. The van der Waals surface area contributed by atoms with Gasteiger partial charge >= 0.3 is 5.97 Å². The SMILES string of the molecule is Cc1[nH]c(=O)c(C#N)c(C)c1CCC(=O)OCC(=O)NC(C)c1ccc2c(c1)OCCO2. The summed E-state index contributed by atoms with van der Waals surface area (Å²) in [6, 6.07) is 7.02. The number of nitriles is 1. The van der Waals surface area contributed by atoms with E-state index < -0.39 is 24.0 Å². The van der Waals surface area contributed by atoms with E-state index in [1.165, 1.54) is 0 Å². The summed E-state index contributed by atoms with van der Waals surface area (Å²) in [5.74, 6) is 0.329. The molecule has 0 aliphatic carbocycles. The highest BCUT2D eigenvalue weighted by atomic mass is 16.6. The van der Waals surface area contributed by atoms with Crippen molar-refractivity contribution in [1.82, 2.24) is 10.3 Å². The van der Waals surface area contributed by atoms with Crippen molar-refractivity contribution in [2.24, 2.45) is 0 Å². The molecule has 3 rings (SSSR count). The third-order valence-electron chi connectivity index (χ3n) is 5.31. The van der Waals surface area contributed by atoms with Crippen molar-refractivity contribution in [3.63, 3.8) is 0 Å². The van der Waals surface area contributed by atoms with Gasteiger partial charge in [0.15, 0.2) is 18.1 Å². The second-order valence-corrected chi connectivity index (χ2v) is 7.52. The molecule has 1 unspecified atom stereocenters. The van der Waals surface area contributed by atoms with Crippen LogP contribution in [0.25, 0.3) is 0 Å².